The average Bonchev–Trinajstić information content (AvgIpc) is 2.96. The van der Waals surface area contributed by atoms with Crippen molar-refractivity contribution in [2.45, 2.75) is 19.3 Å². The highest BCUT2D eigenvalue weighted by atomic mass is 16.4. The molecule has 2 aliphatic rings. The van der Waals surface area contributed by atoms with Crippen LogP contribution in [0.5, 0.6) is 0 Å². The normalized spacial score (nSPS) is 36.2. The van der Waals surface area contributed by atoms with Gasteiger partial charge in [-0.1, -0.05) is 0 Å². The van der Waals surface area contributed by atoms with E-state index < -0.39 is 5.97 Å². The summed E-state index contributed by atoms with van der Waals surface area (Å²) in [6.45, 7) is 1.86. The second-order valence-corrected chi connectivity index (χ2v) is 4.79. The smallest absolute Gasteiger partial charge is 0.307 e. The Morgan fingerprint density at radius 1 is 1.33 bits per heavy atom. The number of carboxylic acid groups (broad SMARTS) is 1. The Hall–Kier alpha value is -0.900. The van der Waals surface area contributed by atoms with E-state index in [2.05, 4.69) is 4.90 Å². The molecule has 2 fully saturated rings. The molecule has 0 amide bonds. The predicted molar refractivity (Wildman–Crippen MR) is 54.5 cm³/mol. The molecule has 0 aromatic rings. The summed E-state index contributed by atoms with van der Waals surface area (Å²) in [5.41, 5.74) is 0. The van der Waals surface area contributed by atoms with Crippen LogP contribution >= 0.6 is 0 Å². The van der Waals surface area contributed by atoms with Crippen LogP contribution in [0.15, 0.2) is 0 Å². The molecule has 1 heterocycles. The molecular formula is C11H17NO3. The van der Waals surface area contributed by atoms with E-state index in [1.165, 1.54) is 0 Å². The summed E-state index contributed by atoms with van der Waals surface area (Å²) in [6.07, 6.45) is 2.55. The van der Waals surface area contributed by atoms with Gasteiger partial charge in [-0.3, -0.25) is 9.59 Å². The molecule has 0 radical (unpaired) electrons. The second-order valence-electron chi connectivity index (χ2n) is 4.79. The van der Waals surface area contributed by atoms with Crippen LogP contribution in [0.4, 0.5) is 0 Å². The van der Waals surface area contributed by atoms with Crippen molar-refractivity contribution in [3.8, 4) is 0 Å². The van der Waals surface area contributed by atoms with Gasteiger partial charge in [0.1, 0.15) is 5.78 Å². The molecule has 15 heavy (non-hydrogen) atoms. The van der Waals surface area contributed by atoms with E-state index in [4.69, 9.17) is 5.11 Å². The van der Waals surface area contributed by atoms with Gasteiger partial charge >= 0.3 is 5.97 Å². The van der Waals surface area contributed by atoms with Crippen molar-refractivity contribution >= 4 is 11.8 Å². The zero-order valence-electron chi connectivity index (χ0n) is 8.98. The number of nitrogens with zero attached hydrogens (tertiary/aromatic N) is 1. The van der Waals surface area contributed by atoms with Gasteiger partial charge in [-0.05, 0) is 32.9 Å². The lowest BCUT2D eigenvalue weighted by molar-refractivity contribution is -0.140. The van der Waals surface area contributed by atoms with Gasteiger partial charge in [0.05, 0.1) is 5.92 Å². The van der Waals surface area contributed by atoms with Gasteiger partial charge in [0, 0.05) is 18.4 Å². The largest absolute Gasteiger partial charge is 0.481 e. The van der Waals surface area contributed by atoms with Crippen LogP contribution in [0.3, 0.4) is 0 Å². The Bertz CT molecular complexity index is 290. The molecule has 3 atom stereocenters. The number of carboxylic acids is 1. The second kappa shape index (κ2) is 3.93. The Morgan fingerprint density at radius 3 is 2.60 bits per heavy atom. The number of carbonyl (C=O) groups excluding carboxylic acids is 1. The third kappa shape index (κ3) is 2.20. The van der Waals surface area contributed by atoms with Crippen molar-refractivity contribution in [3.05, 3.63) is 0 Å². The van der Waals surface area contributed by atoms with Crippen LogP contribution in [-0.4, -0.2) is 41.9 Å². The number of aliphatic carboxylic acids is 1. The molecule has 1 N–H and O–H groups in total. The Balaban J connectivity index is 1.89. The predicted octanol–water partition coefficient (Wildman–Crippen LogP) is 0.618. The number of Topliss-reactive ketones (excluding diaryl/α,β-unsaturated/α-hetero) is 1. The van der Waals surface area contributed by atoms with Gasteiger partial charge < -0.3 is 10.0 Å². The summed E-state index contributed by atoms with van der Waals surface area (Å²) >= 11 is 0. The molecule has 1 saturated heterocycles. The van der Waals surface area contributed by atoms with Crippen molar-refractivity contribution in [1.29, 1.82) is 0 Å². The Morgan fingerprint density at radius 2 is 2.07 bits per heavy atom. The van der Waals surface area contributed by atoms with E-state index in [1.54, 1.807) is 0 Å². The Kier molecular flexibility index (Phi) is 2.78. The maximum Gasteiger partial charge on any atom is 0.307 e. The van der Waals surface area contributed by atoms with Gasteiger partial charge in [0.25, 0.3) is 0 Å². The van der Waals surface area contributed by atoms with Gasteiger partial charge in [0.15, 0.2) is 0 Å². The van der Waals surface area contributed by atoms with E-state index in [9.17, 15) is 9.59 Å². The Labute approximate surface area is 89.3 Å². The highest BCUT2D eigenvalue weighted by molar-refractivity contribution is 5.92. The van der Waals surface area contributed by atoms with Crippen molar-refractivity contribution in [3.63, 3.8) is 0 Å². The summed E-state index contributed by atoms with van der Waals surface area (Å²) in [5.74, 6) is -1.10. The van der Waals surface area contributed by atoms with Gasteiger partial charge in [0.2, 0.25) is 0 Å². The summed E-state index contributed by atoms with van der Waals surface area (Å²) < 4.78 is 0. The third-order valence-corrected chi connectivity index (χ3v) is 3.50. The molecule has 3 unspecified atom stereocenters. The fourth-order valence-electron chi connectivity index (χ4n) is 2.48. The number of piperidine rings is 1. The van der Waals surface area contributed by atoms with Crippen molar-refractivity contribution < 1.29 is 14.7 Å². The minimum absolute atomic E-state index is 0.0816. The first kappa shape index (κ1) is 10.6. The first-order chi connectivity index (χ1) is 7.09. The molecule has 0 aromatic carbocycles. The number of rotatable bonds is 3. The first-order valence-electron chi connectivity index (χ1n) is 5.54. The number of hydrogen-bond acceptors (Lipinski definition) is 3. The first-order valence-corrected chi connectivity index (χ1v) is 5.54. The van der Waals surface area contributed by atoms with Crippen LogP contribution in [0, 0.1) is 17.8 Å². The minimum Gasteiger partial charge on any atom is -0.481 e. The molecule has 0 aromatic heterocycles. The summed E-state index contributed by atoms with van der Waals surface area (Å²) in [6, 6.07) is 0. The molecule has 84 valence electrons. The van der Waals surface area contributed by atoms with Gasteiger partial charge in [-0.25, -0.2) is 0 Å². The van der Waals surface area contributed by atoms with E-state index in [0.717, 1.165) is 25.9 Å². The fourth-order valence-corrected chi connectivity index (χ4v) is 2.48. The fraction of sp³-hybridized carbons (Fsp3) is 0.818. The molecular weight excluding hydrogens is 194 g/mol. The monoisotopic (exact) mass is 211 g/mol. The molecule has 4 nitrogen and oxygen atoms in total. The summed E-state index contributed by atoms with van der Waals surface area (Å²) in [5, 5.41) is 8.76. The standard InChI is InChI=1S/C11H17NO3/c1-12-4-2-3-7(6-12)10(13)8-5-9(8)11(14)15/h7-9H,2-6H2,1H3,(H,14,15). The van der Waals surface area contributed by atoms with Crippen LogP contribution in [-0.2, 0) is 9.59 Å². The highest BCUT2D eigenvalue weighted by Crippen LogP contribution is 2.42. The lowest BCUT2D eigenvalue weighted by Crippen LogP contribution is -2.37. The van der Waals surface area contributed by atoms with Gasteiger partial charge in [-0.2, -0.15) is 0 Å². The number of likely N-dealkylation sites (tertiary alicyclic amines) is 1. The lowest BCUT2D eigenvalue weighted by atomic mass is 9.91. The molecule has 1 saturated carbocycles. The molecule has 4 heteroatoms. The molecule has 0 bridgehead atoms. The van der Waals surface area contributed by atoms with E-state index in [-0.39, 0.29) is 23.5 Å². The van der Waals surface area contributed by atoms with Crippen LogP contribution in [0.1, 0.15) is 19.3 Å². The van der Waals surface area contributed by atoms with E-state index in [1.807, 2.05) is 7.05 Å². The number of carbonyl (C=O) groups is 2. The third-order valence-electron chi connectivity index (χ3n) is 3.50. The highest BCUT2D eigenvalue weighted by Gasteiger charge is 2.49. The zero-order chi connectivity index (χ0) is 11.0. The van der Waals surface area contributed by atoms with Crippen molar-refractivity contribution in [2.24, 2.45) is 17.8 Å². The lowest BCUT2D eigenvalue weighted by Gasteiger charge is -2.28. The zero-order valence-corrected chi connectivity index (χ0v) is 8.98. The van der Waals surface area contributed by atoms with Crippen molar-refractivity contribution in [1.82, 2.24) is 4.90 Å². The SMILES string of the molecule is CN1CCCC(C(=O)C2CC2C(=O)O)C1. The van der Waals surface area contributed by atoms with E-state index >= 15 is 0 Å². The number of ketones is 1. The molecule has 1 aliphatic heterocycles. The van der Waals surface area contributed by atoms with Crippen LogP contribution in [0.2, 0.25) is 0 Å². The number of hydrogen-bond donors (Lipinski definition) is 1. The van der Waals surface area contributed by atoms with Crippen LogP contribution < -0.4 is 0 Å². The maximum absolute atomic E-state index is 11.9. The van der Waals surface area contributed by atoms with Crippen LogP contribution in [0.25, 0.3) is 0 Å². The molecule has 2 rings (SSSR count). The average molecular weight is 211 g/mol. The van der Waals surface area contributed by atoms with Gasteiger partial charge in [-0.15, -0.1) is 0 Å². The molecule has 1 aliphatic carbocycles. The summed E-state index contributed by atoms with van der Waals surface area (Å²) in [4.78, 5) is 24.7. The summed E-state index contributed by atoms with van der Waals surface area (Å²) in [7, 11) is 2.01. The van der Waals surface area contributed by atoms with E-state index in [0.29, 0.717) is 6.42 Å². The quantitative estimate of drug-likeness (QED) is 0.743. The maximum atomic E-state index is 11.9. The molecule has 0 spiro atoms. The minimum atomic E-state index is -0.808. The van der Waals surface area contributed by atoms with Crippen molar-refractivity contribution in [2.75, 3.05) is 20.1 Å². The topological polar surface area (TPSA) is 57.6 Å².